The maximum absolute atomic E-state index is 12.0. The van der Waals surface area contributed by atoms with E-state index in [0.29, 0.717) is 11.4 Å². The van der Waals surface area contributed by atoms with E-state index in [0.717, 1.165) is 24.0 Å². The number of hydrazine groups is 1. The van der Waals surface area contributed by atoms with Crippen LogP contribution < -0.4 is 16.2 Å². The van der Waals surface area contributed by atoms with E-state index in [4.69, 9.17) is 11.6 Å². The summed E-state index contributed by atoms with van der Waals surface area (Å²) < 4.78 is 22.8. The average Bonchev–Trinajstić information content (AvgIpc) is 3.10. The third-order valence-electron chi connectivity index (χ3n) is 4.64. The minimum Gasteiger partial charge on any atom is -0.330 e. The Morgan fingerprint density at radius 2 is 2.00 bits per heavy atom. The zero-order chi connectivity index (χ0) is 18.0. The van der Waals surface area contributed by atoms with E-state index in [1.807, 2.05) is 18.2 Å². The number of carbonyl (C=O) groups excluding carboxylic acids is 2. The zero-order valence-electron chi connectivity index (χ0n) is 13.5. The van der Waals surface area contributed by atoms with Crippen molar-refractivity contribution in [1.29, 1.82) is 0 Å². The molecule has 1 saturated heterocycles. The molecule has 25 heavy (non-hydrogen) atoms. The summed E-state index contributed by atoms with van der Waals surface area (Å²) in [5.41, 5.74) is 6.67. The minimum absolute atomic E-state index is 0.0340. The summed E-state index contributed by atoms with van der Waals surface area (Å²) in [7, 11) is -3.01. The van der Waals surface area contributed by atoms with Crippen molar-refractivity contribution >= 4 is 33.4 Å². The molecule has 3 amide bonds. The monoisotopic (exact) mass is 385 g/mol. The first-order valence-corrected chi connectivity index (χ1v) is 10.4. The molecule has 1 aliphatic carbocycles. The van der Waals surface area contributed by atoms with Gasteiger partial charge >= 0.3 is 6.03 Å². The topological polar surface area (TPSA) is 104 Å². The van der Waals surface area contributed by atoms with Gasteiger partial charge in [-0.2, -0.15) is 0 Å². The number of benzene rings is 1. The SMILES string of the molecule is O=C(CC1CCS(=O)(=O)C1)NNC(=O)NC1CCc2c(Cl)cccc21. The van der Waals surface area contributed by atoms with Crippen LogP contribution in [0.5, 0.6) is 0 Å². The van der Waals surface area contributed by atoms with Crippen molar-refractivity contribution in [3.05, 3.63) is 34.3 Å². The fraction of sp³-hybridized carbons (Fsp3) is 0.500. The van der Waals surface area contributed by atoms with Crippen LogP contribution in [-0.4, -0.2) is 31.9 Å². The molecular weight excluding hydrogens is 366 g/mol. The van der Waals surface area contributed by atoms with Gasteiger partial charge in [0.2, 0.25) is 5.91 Å². The van der Waals surface area contributed by atoms with Gasteiger partial charge in [0.25, 0.3) is 0 Å². The molecule has 136 valence electrons. The lowest BCUT2D eigenvalue weighted by molar-refractivity contribution is -0.122. The quantitative estimate of drug-likeness (QED) is 0.685. The molecule has 2 aliphatic rings. The Balaban J connectivity index is 1.45. The van der Waals surface area contributed by atoms with Gasteiger partial charge in [-0.15, -0.1) is 0 Å². The summed E-state index contributed by atoms with van der Waals surface area (Å²) in [6.07, 6.45) is 2.12. The summed E-state index contributed by atoms with van der Waals surface area (Å²) in [4.78, 5) is 23.8. The second kappa shape index (κ2) is 7.21. The largest absolute Gasteiger partial charge is 0.333 e. The molecule has 1 aromatic carbocycles. The second-order valence-electron chi connectivity index (χ2n) is 6.52. The van der Waals surface area contributed by atoms with Gasteiger partial charge in [-0.05, 0) is 42.4 Å². The van der Waals surface area contributed by atoms with Gasteiger partial charge in [-0.3, -0.25) is 10.2 Å². The summed E-state index contributed by atoms with van der Waals surface area (Å²) >= 11 is 6.15. The van der Waals surface area contributed by atoms with Crippen LogP contribution >= 0.6 is 11.6 Å². The van der Waals surface area contributed by atoms with Crippen molar-refractivity contribution in [3.8, 4) is 0 Å². The Labute approximate surface area is 151 Å². The number of sulfone groups is 1. The number of hydrogen-bond acceptors (Lipinski definition) is 4. The van der Waals surface area contributed by atoms with Crippen molar-refractivity contribution in [2.75, 3.05) is 11.5 Å². The molecular formula is C16H20ClN3O4S. The van der Waals surface area contributed by atoms with Gasteiger partial charge in [0, 0.05) is 11.4 Å². The van der Waals surface area contributed by atoms with Crippen molar-refractivity contribution in [2.24, 2.45) is 5.92 Å². The molecule has 7 nitrogen and oxygen atoms in total. The Bertz CT molecular complexity index is 797. The predicted octanol–water partition coefficient (Wildman–Crippen LogP) is 1.48. The zero-order valence-corrected chi connectivity index (χ0v) is 15.1. The lowest BCUT2D eigenvalue weighted by Gasteiger charge is -2.16. The maximum atomic E-state index is 12.0. The first-order valence-electron chi connectivity index (χ1n) is 8.17. The predicted molar refractivity (Wildman–Crippen MR) is 93.7 cm³/mol. The van der Waals surface area contributed by atoms with E-state index in [1.165, 1.54) is 0 Å². The molecule has 1 heterocycles. The molecule has 1 fully saturated rings. The van der Waals surface area contributed by atoms with Crippen molar-refractivity contribution in [3.63, 3.8) is 0 Å². The van der Waals surface area contributed by atoms with Crippen LogP contribution in [0.15, 0.2) is 18.2 Å². The normalized spacial score (nSPS) is 23.7. The van der Waals surface area contributed by atoms with Crippen LogP contribution in [-0.2, 0) is 21.1 Å². The van der Waals surface area contributed by atoms with Crippen LogP contribution in [0.3, 0.4) is 0 Å². The Kier molecular flexibility index (Phi) is 5.19. The lowest BCUT2D eigenvalue weighted by Crippen LogP contribution is -2.48. The average molecular weight is 386 g/mol. The van der Waals surface area contributed by atoms with Crippen LogP contribution in [0.4, 0.5) is 4.79 Å². The number of halogens is 1. The highest BCUT2D eigenvalue weighted by molar-refractivity contribution is 7.91. The van der Waals surface area contributed by atoms with E-state index in [2.05, 4.69) is 16.2 Å². The number of hydrogen-bond donors (Lipinski definition) is 3. The molecule has 0 saturated carbocycles. The van der Waals surface area contributed by atoms with Crippen molar-refractivity contribution in [1.82, 2.24) is 16.2 Å². The summed E-state index contributed by atoms with van der Waals surface area (Å²) in [6.45, 7) is 0. The number of amides is 3. The van der Waals surface area contributed by atoms with Crippen LogP contribution in [0.1, 0.15) is 36.4 Å². The Morgan fingerprint density at radius 3 is 2.72 bits per heavy atom. The molecule has 9 heteroatoms. The van der Waals surface area contributed by atoms with E-state index >= 15 is 0 Å². The molecule has 0 aromatic heterocycles. The molecule has 0 radical (unpaired) electrons. The third kappa shape index (κ3) is 4.43. The molecule has 1 aromatic rings. The fourth-order valence-electron chi connectivity index (χ4n) is 3.43. The summed E-state index contributed by atoms with van der Waals surface area (Å²) in [6, 6.07) is 4.94. The van der Waals surface area contributed by atoms with Crippen molar-refractivity contribution < 1.29 is 18.0 Å². The number of nitrogens with one attached hydrogen (secondary N) is 3. The van der Waals surface area contributed by atoms with Crippen LogP contribution in [0.2, 0.25) is 5.02 Å². The van der Waals surface area contributed by atoms with Gasteiger partial charge in [-0.25, -0.2) is 18.6 Å². The molecule has 3 N–H and O–H groups in total. The van der Waals surface area contributed by atoms with Gasteiger partial charge in [0.1, 0.15) is 0 Å². The van der Waals surface area contributed by atoms with Crippen LogP contribution in [0.25, 0.3) is 0 Å². The fourth-order valence-corrected chi connectivity index (χ4v) is 5.56. The standard InChI is InChI=1S/C16H20ClN3O4S/c17-13-3-1-2-12-11(13)4-5-14(12)18-16(22)20-19-15(21)8-10-6-7-25(23,24)9-10/h1-3,10,14H,4-9H2,(H,19,21)(H2,18,20,22). The third-order valence-corrected chi connectivity index (χ3v) is 6.83. The van der Waals surface area contributed by atoms with Gasteiger partial charge in [-0.1, -0.05) is 23.7 Å². The smallest absolute Gasteiger partial charge is 0.330 e. The number of urea groups is 1. The number of fused-ring (bicyclic) bond motifs is 1. The van der Waals surface area contributed by atoms with Gasteiger partial charge in [0.15, 0.2) is 9.84 Å². The highest BCUT2D eigenvalue weighted by Gasteiger charge is 2.29. The van der Waals surface area contributed by atoms with E-state index in [1.54, 1.807) is 0 Å². The molecule has 1 aliphatic heterocycles. The first kappa shape index (κ1) is 18.0. The second-order valence-corrected chi connectivity index (χ2v) is 9.15. The van der Waals surface area contributed by atoms with Gasteiger partial charge < -0.3 is 5.32 Å². The van der Waals surface area contributed by atoms with E-state index < -0.39 is 21.8 Å². The van der Waals surface area contributed by atoms with Gasteiger partial charge in [0.05, 0.1) is 17.5 Å². The summed E-state index contributed by atoms with van der Waals surface area (Å²) in [5.74, 6) is -0.416. The van der Waals surface area contributed by atoms with E-state index in [-0.39, 0.29) is 29.9 Å². The molecule has 0 spiro atoms. The molecule has 2 atom stereocenters. The molecule has 0 bridgehead atoms. The highest BCUT2D eigenvalue weighted by Crippen LogP contribution is 2.35. The van der Waals surface area contributed by atoms with Crippen LogP contribution in [0, 0.1) is 5.92 Å². The van der Waals surface area contributed by atoms with E-state index in [9.17, 15) is 18.0 Å². The number of carbonyl (C=O) groups is 2. The number of rotatable bonds is 3. The lowest BCUT2D eigenvalue weighted by atomic mass is 10.1. The highest BCUT2D eigenvalue weighted by atomic mass is 35.5. The maximum Gasteiger partial charge on any atom is 0.333 e. The first-order chi connectivity index (χ1) is 11.8. The Hall–Kier alpha value is -1.80. The van der Waals surface area contributed by atoms with Crippen molar-refractivity contribution in [2.45, 2.75) is 31.7 Å². The Morgan fingerprint density at radius 1 is 1.20 bits per heavy atom. The minimum atomic E-state index is -3.01. The summed E-state index contributed by atoms with van der Waals surface area (Å²) in [5, 5.41) is 3.50. The molecule has 2 unspecified atom stereocenters. The molecule has 3 rings (SSSR count).